The Labute approximate surface area is 148 Å². The fraction of sp³-hybridized carbons (Fsp3) is 0.333. The highest BCUT2D eigenvalue weighted by molar-refractivity contribution is 5.99. The van der Waals surface area contributed by atoms with Crippen molar-refractivity contribution in [2.75, 3.05) is 0 Å². The van der Waals surface area contributed by atoms with Crippen molar-refractivity contribution in [2.24, 2.45) is 0 Å². The Hall–Kier alpha value is -2.62. The van der Waals surface area contributed by atoms with E-state index in [1.165, 1.54) is 19.3 Å². The monoisotopic (exact) mass is 336 g/mol. The lowest BCUT2D eigenvalue weighted by molar-refractivity contribution is 0.0927. The van der Waals surface area contributed by atoms with Gasteiger partial charge in [-0.25, -0.2) is 0 Å². The molecule has 0 aliphatic heterocycles. The molecule has 1 aliphatic rings. The molecule has 130 valence electrons. The molecule has 0 heterocycles. The summed E-state index contributed by atoms with van der Waals surface area (Å²) in [7, 11) is 0. The van der Waals surface area contributed by atoms with Crippen molar-refractivity contribution in [1.82, 2.24) is 10.6 Å². The van der Waals surface area contributed by atoms with Crippen LogP contribution in [-0.4, -0.2) is 17.9 Å². The molecule has 0 spiro atoms. The number of hydrogen-bond acceptors (Lipinski definition) is 2. The number of carbonyl (C=O) groups excluding carboxylic acids is 2. The molecule has 3 rings (SSSR count). The molecule has 0 atom stereocenters. The van der Waals surface area contributed by atoms with Crippen molar-refractivity contribution >= 4 is 11.8 Å². The Morgan fingerprint density at radius 3 is 2.24 bits per heavy atom. The van der Waals surface area contributed by atoms with E-state index in [2.05, 4.69) is 10.6 Å². The Bertz CT molecular complexity index is 722. The zero-order valence-electron chi connectivity index (χ0n) is 14.3. The highest BCUT2D eigenvalue weighted by atomic mass is 16.2. The van der Waals surface area contributed by atoms with Gasteiger partial charge in [0.25, 0.3) is 11.8 Å². The Morgan fingerprint density at radius 1 is 0.840 bits per heavy atom. The van der Waals surface area contributed by atoms with Crippen LogP contribution >= 0.6 is 0 Å². The highest BCUT2D eigenvalue weighted by Gasteiger charge is 2.17. The van der Waals surface area contributed by atoms with Gasteiger partial charge in [0, 0.05) is 23.7 Å². The first-order valence-electron chi connectivity index (χ1n) is 8.95. The third kappa shape index (κ3) is 4.92. The van der Waals surface area contributed by atoms with E-state index in [1.807, 2.05) is 30.3 Å². The smallest absolute Gasteiger partial charge is 0.251 e. The second-order valence-corrected chi connectivity index (χ2v) is 6.56. The molecule has 0 saturated heterocycles. The summed E-state index contributed by atoms with van der Waals surface area (Å²) in [4.78, 5) is 24.8. The average Bonchev–Trinajstić information content (AvgIpc) is 2.68. The largest absolute Gasteiger partial charge is 0.349 e. The summed E-state index contributed by atoms with van der Waals surface area (Å²) in [5.41, 5.74) is 2.09. The Kier molecular flexibility index (Phi) is 5.83. The van der Waals surface area contributed by atoms with Crippen molar-refractivity contribution in [2.45, 2.75) is 44.7 Å². The maximum Gasteiger partial charge on any atom is 0.251 e. The molecule has 0 unspecified atom stereocenters. The summed E-state index contributed by atoms with van der Waals surface area (Å²) in [6.45, 7) is 0.470. The number of benzene rings is 2. The molecule has 0 aromatic heterocycles. The SMILES string of the molecule is O=C(NCc1ccccc1)c1cccc(C(=O)NC2CCCCC2)c1. The first-order valence-corrected chi connectivity index (χ1v) is 8.95. The average molecular weight is 336 g/mol. The van der Waals surface area contributed by atoms with Gasteiger partial charge in [-0.1, -0.05) is 55.7 Å². The second kappa shape index (κ2) is 8.47. The van der Waals surface area contributed by atoms with E-state index in [1.54, 1.807) is 24.3 Å². The zero-order valence-corrected chi connectivity index (χ0v) is 14.3. The molecule has 25 heavy (non-hydrogen) atoms. The maximum absolute atomic E-state index is 12.4. The van der Waals surface area contributed by atoms with Crippen molar-refractivity contribution in [1.29, 1.82) is 0 Å². The van der Waals surface area contributed by atoms with E-state index in [9.17, 15) is 9.59 Å². The Balaban J connectivity index is 1.60. The lowest BCUT2D eigenvalue weighted by Crippen LogP contribution is -2.36. The van der Waals surface area contributed by atoms with E-state index in [0.717, 1.165) is 18.4 Å². The van der Waals surface area contributed by atoms with Crippen LogP contribution in [0.25, 0.3) is 0 Å². The lowest BCUT2D eigenvalue weighted by atomic mass is 9.95. The zero-order chi connectivity index (χ0) is 17.5. The van der Waals surface area contributed by atoms with Gasteiger partial charge in [-0.3, -0.25) is 9.59 Å². The second-order valence-electron chi connectivity index (χ2n) is 6.56. The maximum atomic E-state index is 12.4. The van der Waals surface area contributed by atoms with Crippen molar-refractivity contribution in [3.63, 3.8) is 0 Å². The van der Waals surface area contributed by atoms with Crippen LogP contribution in [0.15, 0.2) is 54.6 Å². The standard InChI is InChI=1S/C21H24N2O2/c24-20(22-15-16-8-3-1-4-9-16)17-10-7-11-18(14-17)21(25)23-19-12-5-2-6-13-19/h1,3-4,7-11,14,19H,2,5-6,12-13,15H2,(H,22,24)(H,23,25). The summed E-state index contributed by atoms with van der Waals surface area (Å²) >= 11 is 0. The molecule has 2 amide bonds. The molecule has 1 saturated carbocycles. The van der Waals surface area contributed by atoms with Gasteiger partial charge in [0.05, 0.1) is 0 Å². The minimum absolute atomic E-state index is 0.0930. The van der Waals surface area contributed by atoms with Gasteiger partial charge in [-0.05, 0) is 36.6 Å². The van der Waals surface area contributed by atoms with Gasteiger partial charge in [0.1, 0.15) is 0 Å². The van der Waals surface area contributed by atoms with Crippen LogP contribution in [0.5, 0.6) is 0 Å². The molecular weight excluding hydrogens is 312 g/mol. The molecule has 4 heteroatoms. The van der Waals surface area contributed by atoms with E-state index in [0.29, 0.717) is 17.7 Å². The van der Waals surface area contributed by atoms with Crippen molar-refractivity contribution in [3.8, 4) is 0 Å². The van der Waals surface area contributed by atoms with Crippen LogP contribution in [0.1, 0.15) is 58.4 Å². The normalized spacial score (nSPS) is 14.7. The first kappa shape index (κ1) is 17.2. The van der Waals surface area contributed by atoms with E-state index in [-0.39, 0.29) is 17.9 Å². The van der Waals surface area contributed by atoms with Crippen LogP contribution in [0.2, 0.25) is 0 Å². The molecule has 0 bridgehead atoms. The quantitative estimate of drug-likeness (QED) is 0.875. The molecule has 1 aliphatic carbocycles. The number of amides is 2. The number of rotatable bonds is 5. The van der Waals surface area contributed by atoms with Gasteiger partial charge < -0.3 is 10.6 Å². The van der Waals surface area contributed by atoms with E-state index in [4.69, 9.17) is 0 Å². The molecule has 4 nitrogen and oxygen atoms in total. The van der Waals surface area contributed by atoms with Gasteiger partial charge in [-0.15, -0.1) is 0 Å². The summed E-state index contributed by atoms with van der Waals surface area (Å²) in [6.07, 6.45) is 5.69. The van der Waals surface area contributed by atoms with Gasteiger partial charge in [0.2, 0.25) is 0 Å². The van der Waals surface area contributed by atoms with Crippen LogP contribution < -0.4 is 10.6 Å². The van der Waals surface area contributed by atoms with Crippen molar-refractivity contribution in [3.05, 3.63) is 71.3 Å². The predicted molar refractivity (Wildman–Crippen MR) is 98.4 cm³/mol. The third-order valence-corrected chi connectivity index (χ3v) is 4.62. The first-order chi connectivity index (χ1) is 12.2. The third-order valence-electron chi connectivity index (χ3n) is 4.62. The number of hydrogen-bond donors (Lipinski definition) is 2. The predicted octanol–water partition coefficient (Wildman–Crippen LogP) is 3.68. The van der Waals surface area contributed by atoms with E-state index >= 15 is 0 Å². The topological polar surface area (TPSA) is 58.2 Å². The van der Waals surface area contributed by atoms with Gasteiger partial charge in [-0.2, -0.15) is 0 Å². The van der Waals surface area contributed by atoms with Crippen LogP contribution in [0.4, 0.5) is 0 Å². The Morgan fingerprint density at radius 2 is 1.52 bits per heavy atom. The van der Waals surface area contributed by atoms with E-state index < -0.39 is 0 Å². The van der Waals surface area contributed by atoms with Crippen LogP contribution in [0.3, 0.4) is 0 Å². The molecule has 2 N–H and O–H groups in total. The molecular formula is C21H24N2O2. The summed E-state index contributed by atoms with van der Waals surface area (Å²) in [6, 6.07) is 16.9. The highest BCUT2D eigenvalue weighted by Crippen LogP contribution is 2.18. The van der Waals surface area contributed by atoms with Crippen molar-refractivity contribution < 1.29 is 9.59 Å². The molecule has 1 fully saturated rings. The van der Waals surface area contributed by atoms with Crippen LogP contribution in [-0.2, 0) is 6.54 Å². The molecule has 0 radical (unpaired) electrons. The molecule has 2 aromatic rings. The lowest BCUT2D eigenvalue weighted by Gasteiger charge is -2.22. The van der Waals surface area contributed by atoms with Crippen LogP contribution in [0, 0.1) is 0 Å². The number of carbonyl (C=O) groups is 2. The fourth-order valence-electron chi connectivity index (χ4n) is 3.20. The minimum atomic E-state index is -0.170. The molecule has 2 aromatic carbocycles. The minimum Gasteiger partial charge on any atom is -0.349 e. The summed E-state index contributed by atoms with van der Waals surface area (Å²) < 4.78 is 0. The summed E-state index contributed by atoms with van der Waals surface area (Å²) in [5, 5.41) is 5.98. The number of nitrogens with one attached hydrogen (secondary N) is 2. The summed E-state index contributed by atoms with van der Waals surface area (Å²) in [5.74, 6) is -0.263. The van der Waals surface area contributed by atoms with Gasteiger partial charge >= 0.3 is 0 Å². The van der Waals surface area contributed by atoms with Gasteiger partial charge in [0.15, 0.2) is 0 Å². The fourth-order valence-corrected chi connectivity index (χ4v) is 3.20.